The van der Waals surface area contributed by atoms with E-state index >= 15 is 0 Å². The molecule has 0 amide bonds. The number of benzene rings is 3. The third-order valence-corrected chi connectivity index (χ3v) is 6.13. The maximum atomic E-state index is 6.47. The molecule has 0 radical (unpaired) electrons. The quantitative estimate of drug-likeness (QED) is 0.278. The Labute approximate surface area is 183 Å². The van der Waals surface area contributed by atoms with Crippen LogP contribution >= 0.6 is 11.8 Å². The molecule has 152 valence electrons. The number of unbranched alkanes of at least 4 members (excludes halogenated alkanes) is 1. The average molecular weight is 414 g/mol. The Morgan fingerprint density at radius 2 is 1.63 bits per heavy atom. The van der Waals surface area contributed by atoms with Gasteiger partial charge in [-0.2, -0.15) is 0 Å². The standard InChI is InChI=1S/C27H27NOS/c1-3-4-9-23-18-28-24-12-8-13-25(30-2)26(24)27(23)29-19-20-14-16-22(17-15-20)21-10-6-5-7-11-21/h5-8,10-18H,3-4,9,19H2,1-2H3. The van der Waals surface area contributed by atoms with E-state index in [0.29, 0.717) is 6.61 Å². The summed E-state index contributed by atoms with van der Waals surface area (Å²) >= 11 is 1.75. The van der Waals surface area contributed by atoms with Crippen LogP contribution in [0.2, 0.25) is 0 Å². The highest BCUT2D eigenvalue weighted by Crippen LogP contribution is 2.36. The number of aryl methyl sites for hydroxylation is 1. The number of ether oxygens (including phenoxy) is 1. The molecule has 4 rings (SSSR count). The highest BCUT2D eigenvalue weighted by Gasteiger charge is 2.14. The molecule has 0 spiro atoms. The minimum Gasteiger partial charge on any atom is -0.488 e. The Bertz CT molecular complexity index is 1110. The molecule has 0 aliphatic heterocycles. The van der Waals surface area contributed by atoms with E-state index in [1.807, 2.05) is 12.3 Å². The van der Waals surface area contributed by atoms with Crippen molar-refractivity contribution in [2.24, 2.45) is 0 Å². The van der Waals surface area contributed by atoms with Crippen molar-refractivity contribution in [1.29, 1.82) is 0 Å². The van der Waals surface area contributed by atoms with E-state index in [-0.39, 0.29) is 0 Å². The van der Waals surface area contributed by atoms with Crippen LogP contribution in [-0.2, 0) is 13.0 Å². The SMILES string of the molecule is CCCCc1cnc2cccc(SC)c2c1OCc1ccc(-c2ccccc2)cc1. The first-order valence-corrected chi connectivity index (χ1v) is 11.7. The molecule has 0 saturated carbocycles. The first-order valence-electron chi connectivity index (χ1n) is 10.5. The van der Waals surface area contributed by atoms with Crippen LogP contribution in [0, 0.1) is 0 Å². The molecule has 1 heterocycles. The van der Waals surface area contributed by atoms with E-state index < -0.39 is 0 Å². The Morgan fingerprint density at radius 3 is 2.37 bits per heavy atom. The maximum absolute atomic E-state index is 6.47. The van der Waals surface area contributed by atoms with Crippen LogP contribution in [0.1, 0.15) is 30.9 Å². The predicted octanol–water partition coefficient (Wildman–Crippen LogP) is 7.55. The third kappa shape index (κ3) is 4.52. The zero-order valence-electron chi connectivity index (χ0n) is 17.6. The molecular weight excluding hydrogens is 386 g/mol. The van der Waals surface area contributed by atoms with Crippen molar-refractivity contribution in [2.75, 3.05) is 6.26 Å². The van der Waals surface area contributed by atoms with Crippen molar-refractivity contribution in [1.82, 2.24) is 4.98 Å². The van der Waals surface area contributed by atoms with Crippen molar-refractivity contribution in [3.05, 3.63) is 90.1 Å². The lowest BCUT2D eigenvalue weighted by Gasteiger charge is -2.16. The highest BCUT2D eigenvalue weighted by molar-refractivity contribution is 7.98. The van der Waals surface area contributed by atoms with Crippen LogP contribution in [0.4, 0.5) is 0 Å². The largest absolute Gasteiger partial charge is 0.488 e. The van der Waals surface area contributed by atoms with E-state index in [0.717, 1.165) is 35.9 Å². The van der Waals surface area contributed by atoms with Crippen LogP contribution in [0.3, 0.4) is 0 Å². The van der Waals surface area contributed by atoms with Crippen molar-refractivity contribution in [3.8, 4) is 16.9 Å². The monoisotopic (exact) mass is 413 g/mol. The summed E-state index contributed by atoms with van der Waals surface area (Å²) in [7, 11) is 0. The van der Waals surface area contributed by atoms with E-state index in [1.54, 1.807) is 11.8 Å². The fraction of sp³-hybridized carbons (Fsp3) is 0.222. The Kier molecular flexibility index (Phi) is 6.70. The van der Waals surface area contributed by atoms with E-state index in [2.05, 4.69) is 79.9 Å². The van der Waals surface area contributed by atoms with Crippen molar-refractivity contribution >= 4 is 22.7 Å². The summed E-state index contributed by atoms with van der Waals surface area (Å²) in [4.78, 5) is 5.93. The van der Waals surface area contributed by atoms with Gasteiger partial charge in [0.15, 0.2) is 0 Å². The molecule has 0 saturated heterocycles. The smallest absolute Gasteiger partial charge is 0.135 e. The number of rotatable bonds is 8. The average Bonchev–Trinajstić information content (AvgIpc) is 2.82. The highest BCUT2D eigenvalue weighted by atomic mass is 32.2. The maximum Gasteiger partial charge on any atom is 0.135 e. The number of hydrogen-bond donors (Lipinski definition) is 0. The van der Waals surface area contributed by atoms with Crippen LogP contribution in [0.15, 0.2) is 83.9 Å². The zero-order valence-corrected chi connectivity index (χ0v) is 18.4. The number of nitrogens with zero attached hydrogens (tertiary/aromatic N) is 1. The van der Waals surface area contributed by atoms with Crippen LogP contribution in [-0.4, -0.2) is 11.2 Å². The van der Waals surface area contributed by atoms with Crippen molar-refractivity contribution < 1.29 is 4.74 Å². The minimum atomic E-state index is 0.552. The van der Waals surface area contributed by atoms with E-state index in [1.165, 1.54) is 27.1 Å². The summed E-state index contributed by atoms with van der Waals surface area (Å²) in [6, 6.07) is 25.4. The molecule has 1 aromatic heterocycles. The molecule has 30 heavy (non-hydrogen) atoms. The number of hydrogen-bond acceptors (Lipinski definition) is 3. The summed E-state index contributed by atoms with van der Waals surface area (Å²) in [6.07, 6.45) is 7.39. The molecule has 2 nitrogen and oxygen atoms in total. The van der Waals surface area contributed by atoms with Gasteiger partial charge in [0.1, 0.15) is 12.4 Å². The van der Waals surface area contributed by atoms with Crippen molar-refractivity contribution in [3.63, 3.8) is 0 Å². The van der Waals surface area contributed by atoms with Gasteiger partial charge in [-0.15, -0.1) is 11.8 Å². The normalized spacial score (nSPS) is 11.0. The van der Waals surface area contributed by atoms with Gasteiger partial charge in [-0.25, -0.2) is 0 Å². The molecular formula is C27H27NOS. The number of thioether (sulfide) groups is 1. The van der Waals surface area contributed by atoms with Gasteiger partial charge in [0.2, 0.25) is 0 Å². The number of fused-ring (bicyclic) bond motifs is 1. The predicted molar refractivity (Wildman–Crippen MR) is 128 cm³/mol. The van der Waals surface area contributed by atoms with Gasteiger partial charge in [0.05, 0.1) is 10.9 Å². The number of pyridine rings is 1. The minimum absolute atomic E-state index is 0.552. The summed E-state index contributed by atoms with van der Waals surface area (Å²) < 4.78 is 6.47. The summed E-state index contributed by atoms with van der Waals surface area (Å²) in [5.41, 5.74) is 5.82. The first kappa shape index (κ1) is 20.5. The molecule has 0 aliphatic rings. The Balaban J connectivity index is 1.62. The van der Waals surface area contributed by atoms with Gasteiger partial charge in [-0.1, -0.05) is 74.0 Å². The van der Waals surface area contributed by atoms with Crippen LogP contribution < -0.4 is 4.74 Å². The molecule has 0 bridgehead atoms. The molecule has 0 N–H and O–H groups in total. The van der Waals surface area contributed by atoms with Crippen molar-refractivity contribution in [2.45, 2.75) is 37.7 Å². The molecule has 0 fully saturated rings. The second-order valence-electron chi connectivity index (χ2n) is 7.42. The second kappa shape index (κ2) is 9.82. The third-order valence-electron chi connectivity index (χ3n) is 5.35. The lowest BCUT2D eigenvalue weighted by molar-refractivity contribution is 0.306. The fourth-order valence-electron chi connectivity index (χ4n) is 3.68. The second-order valence-corrected chi connectivity index (χ2v) is 8.27. The lowest BCUT2D eigenvalue weighted by atomic mass is 10.0. The summed E-state index contributed by atoms with van der Waals surface area (Å²) in [5.74, 6) is 0.991. The number of aromatic nitrogens is 1. The molecule has 3 aromatic carbocycles. The van der Waals surface area contributed by atoms with Gasteiger partial charge < -0.3 is 4.74 Å². The Morgan fingerprint density at radius 1 is 0.867 bits per heavy atom. The van der Waals surface area contributed by atoms with Gasteiger partial charge in [-0.05, 0) is 47.9 Å². The lowest BCUT2D eigenvalue weighted by Crippen LogP contribution is -2.02. The van der Waals surface area contributed by atoms with Gasteiger partial charge in [0.25, 0.3) is 0 Å². The first-order chi connectivity index (χ1) is 14.8. The molecule has 0 atom stereocenters. The molecule has 0 unspecified atom stereocenters. The molecule has 0 aliphatic carbocycles. The zero-order chi connectivity index (χ0) is 20.8. The summed E-state index contributed by atoms with van der Waals surface area (Å²) in [5, 5.41) is 1.14. The van der Waals surface area contributed by atoms with E-state index in [4.69, 9.17) is 9.72 Å². The Hall–Kier alpha value is -2.78. The van der Waals surface area contributed by atoms with Gasteiger partial charge in [-0.3, -0.25) is 4.98 Å². The van der Waals surface area contributed by atoms with E-state index in [9.17, 15) is 0 Å². The van der Waals surface area contributed by atoms with Gasteiger partial charge in [0, 0.05) is 16.7 Å². The van der Waals surface area contributed by atoms with Crippen LogP contribution in [0.25, 0.3) is 22.0 Å². The van der Waals surface area contributed by atoms with Gasteiger partial charge >= 0.3 is 0 Å². The fourth-order valence-corrected chi connectivity index (χ4v) is 4.30. The topological polar surface area (TPSA) is 22.1 Å². The molecule has 3 heteroatoms. The van der Waals surface area contributed by atoms with Crippen LogP contribution in [0.5, 0.6) is 5.75 Å². The molecule has 4 aromatic rings. The summed E-state index contributed by atoms with van der Waals surface area (Å²) in [6.45, 7) is 2.77.